The van der Waals surface area contributed by atoms with Crippen LogP contribution in [0.1, 0.15) is 13.8 Å². The van der Waals surface area contributed by atoms with Crippen LogP contribution in [0.4, 0.5) is 0 Å². The maximum absolute atomic E-state index is 11.7. The molecule has 2 rings (SSSR count). The van der Waals surface area contributed by atoms with E-state index in [2.05, 4.69) is 10.5 Å². The van der Waals surface area contributed by atoms with Crippen LogP contribution in [0, 0.1) is 10.8 Å². The molecule has 2 saturated heterocycles. The van der Waals surface area contributed by atoms with Crippen molar-refractivity contribution in [1.82, 2.24) is 5.32 Å². The van der Waals surface area contributed by atoms with Crippen LogP contribution in [0.25, 0.3) is 0 Å². The zero-order valence-corrected chi connectivity index (χ0v) is 16.1. The second-order valence-corrected chi connectivity index (χ2v) is 6.97. The van der Waals surface area contributed by atoms with Crippen molar-refractivity contribution in [3.05, 3.63) is 4.91 Å². The van der Waals surface area contributed by atoms with E-state index in [1.54, 1.807) is 0 Å². The third-order valence-electron chi connectivity index (χ3n) is 5.01. The number of methoxy groups -OCH3 is 1. The molecular formula is C16H26N2O11. The van der Waals surface area contributed by atoms with Crippen molar-refractivity contribution in [3.63, 3.8) is 0 Å². The lowest BCUT2D eigenvalue weighted by atomic mass is 9.90. The summed E-state index contributed by atoms with van der Waals surface area (Å²) in [7, 11) is 1.27. The van der Waals surface area contributed by atoms with Gasteiger partial charge in [-0.15, -0.1) is 4.91 Å². The molecule has 2 aliphatic rings. The fraction of sp³-hybridized carbons (Fsp3) is 0.875. The Morgan fingerprint density at radius 2 is 1.76 bits per heavy atom. The summed E-state index contributed by atoms with van der Waals surface area (Å²) in [6, 6.07) is -1.10. The van der Waals surface area contributed by atoms with Gasteiger partial charge in [-0.25, -0.2) is 0 Å². The van der Waals surface area contributed by atoms with Crippen LogP contribution in [0.3, 0.4) is 0 Å². The molecule has 13 heteroatoms. The quantitative estimate of drug-likeness (QED) is 0.273. The van der Waals surface area contributed by atoms with Gasteiger partial charge in [0, 0.05) is 25.1 Å². The van der Waals surface area contributed by atoms with E-state index in [1.165, 1.54) is 21.0 Å². The average Bonchev–Trinajstić information content (AvgIpc) is 2.69. The van der Waals surface area contributed by atoms with Crippen LogP contribution < -0.4 is 5.32 Å². The largest absolute Gasteiger partial charge is 0.394 e. The maximum Gasteiger partial charge on any atom is 0.315 e. The van der Waals surface area contributed by atoms with Gasteiger partial charge >= 0.3 is 5.91 Å². The highest BCUT2D eigenvalue weighted by Crippen LogP contribution is 2.31. The first-order valence-corrected chi connectivity index (χ1v) is 8.94. The van der Waals surface area contributed by atoms with Gasteiger partial charge in [0.15, 0.2) is 12.6 Å². The molecule has 0 spiro atoms. The molecule has 0 aromatic heterocycles. The normalized spacial score (nSPS) is 42.9. The Balaban J connectivity index is 2.30. The zero-order valence-electron chi connectivity index (χ0n) is 16.1. The zero-order chi connectivity index (χ0) is 21.9. The van der Waals surface area contributed by atoms with Crippen LogP contribution in [0.15, 0.2) is 5.18 Å². The van der Waals surface area contributed by atoms with Crippen LogP contribution in [-0.2, 0) is 28.5 Å². The van der Waals surface area contributed by atoms with E-state index in [0.717, 1.165) is 0 Å². The Labute approximate surface area is 165 Å². The fourth-order valence-electron chi connectivity index (χ4n) is 3.42. The number of carbonyl (C=O) groups is 2. The molecule has 0 bridgehead atoms. The number of nitroso groups, excluding NO2 is 1. The number of nitrogens with one attached hydrogen (secondary N) is 1. The Morgan fingerprint density at radius 1 is 1.10 bits per heavy atom. The van der Waals surface area contributed by atoms with E-state index < -0.39 is 79.6 Å². The summed E-state index contributed by atoms with van der Waals surface area (Å²) in [5.74, 6) is -2.68. The third kappa shape index (κ3) is 4.95. The number of amides is 2. The van der Waals surface area contributed by atoms with Crippen LogP contribution in [0.2, 0.25) is 0 Å². The molecule has 166 valence electrons. The Morgan fingerprint density at radius 3 is 2.28 bits per heavy atom. The van der Waals surface area contributed by atoms with Crippen LogP contribution >= 0.6 is 0 Å². The Bertz CT molecular complexity index is 605. The molecule has 5 N–H and O–H groups in total. The first-order valence-electron chi connectivity index (χ1n) is 8.94. The van der Waals surface area contributed by atoms with E-state index >= 15 is 0 Å². The SMILES string of the molecule is CO[C@@H]1OC(CO)[C@@H](O)C(O[C@@H]2OC(C(=O)N=O)[C@@H](C)C(O)C2O)C1NC(C)=O. The van der Waals surface area contributed by atoms with Crippen molar-refractivity contribution in [3.8, 4) is 0 Å². The van der Waals surface area contributed by atoms with Gasteiger partial charge in [0.2, 0.25) is 5.91 Å². The number of aliphatic hydroxyl groups is 4. The predicted molar refractivity (Wildman–Crippen MR) is 91.9 cm³/mol. The predicted octanol–water partition coefficient (Wildman–Crippen LogP) is -3.02. The highest BCUT2D eigenvalue weighted by molar-refractivity contribution is 5.82. The molecule has 0 radical (unpaired) electrons. The van der Waals surface area contributed by atoms with Gasteiger partial charge in [0.05, 0.1) is 12.7 Å². The molecule has 2 amide bonds. The van der Waals surface area contributed by atoms with E-state index in [1.807, 2.05) is 0 Å². The molecule has 6 unspecified atom stereocenters. The Hall–Kier alpha value is -1.58. The lowest BCUT2D eigenvalue weighted by molar-refractivity contribution is -0.331. The van der Waals surface area contributed by atoms with Gasteiger partial charge in [0.25, 0.3) is 0 Å². The summed E-state index contributed by atoms with van der Waals surface area (Å²) in [6.07, 6.45) is -11.4. The second kappa shape index (κ2) is 9.95. The van der Waals surface area contributed by atoms with Gasteiger partial charge < -0.3 is 44.7 Å². The summed E-state index contributed by atoms with van der Waals surface area (Å²) in [4.78, 5) is 33.9. The molecular weight excluding hydrogens is 396 g/mol. The number of nitrogens with zero attached hydrogens (tertiary/aromatic N) is 1. The van der Waals surface area contributed by atoms with Gasteiger partial charge in [-0.3, -0.25) is 9.59 Å². The standard InChI is InChI=1S/C16H26N2O11/c1-5-9(21)11(23)16(28-12(5)14(24)18-25)29-13-8(17-6(2)20)15(26-3)27-7(4-19)10(13)22/h5,7-13,15-16,19,21-23H,4H2,1-3H3,(H,17,20)/t5-,7?,8?,9?,10+,11?,12?,13?,15+,16-/m0/s1. The first kappa shape index (κ1) is 23.7. The molecule has 13 nitrogen and oxygen atoms in total. The molecule has 29 heavy (non-hydrogen) atoms. The monoisotopic (exact) mass is 422 g/mol. The minimum Gasteiger partial charge on any atom is -0.394 e. The van der Waals surface area contributed by atoms with Crippen LogP contribution in [0.5, 0.6) is 0 Å². The van der Waals surface area contributed by atoms with Crippen molar-refractivity contribution >= 4 is 11.8 Å². The van der Waals surface area contributed by atoms with Crippen LogP contribution in [-0.4, -0.2) is 101 Å². The molecule has 0 saturated carbocycles. The molecule has 0 aliphatic carbocycles. The average molecular weight is 422 g/mol. The van der Waals surface area contributed by atoms with E-state index in [4.69, 9.17) is 18.9 Å². The van der Waals surface area contributed by atoms with Crippen molar-refractivity contribution in [2.75, 3.05) is 13.7 Å². The van der Waals surface area contributed by atoms with Gasteiger partial charge in [-0.1, -0.05) is 6.92 Å². The van der Waals surface area contributed by atoms with Crippen molar-refractivity contribution < 1.29 is 49.0 Å². The summed E-state index contributed by atoms with van der Waals surface area (Å²) >= 11 is 0. The summed E-state index contributed by atoms with van der Waals surface area (Å²) < 4.78 is 21.5. The molecule has 10 atom stereocenters. The first-order chi connectivity index (χ1) is 13.7. The van der Waals surface area contributed by atoms with Gasteiger partial charge in [0.1, 0.15) is 36.6 Å². The number of hydrogen-bond donors (Lipinski definition) is 5. The number of ether oxygens (including phenoxy) is 4. The van der Waals surface area contributed by atoms with Gasteiger partial charge in [-0.2, -0.15) is 0 Å². The lowest BCUT2D eigenvalue weighted by Crippen LogP contribution is -2.67. The third-order valence-corrected chi connectivity index (χ3v) is 5.01. The molecule has 0 aromatic carbocycles. The second-order valence-electron chi connectivity index (χ2n) is 6.97. The maximum atomic E-state index is 11.7. The highest BCUT2D eigenvalue weighted by atomic mass is 16.7. The van der Waals surface area contributed by atoms with E-state index in [9.17, 15) is 34.9 Å². The Kier molecular flexibility index (Phi) is 8.13. The number of hydrogen-bond acceptors (Lipinski definition) is 11. The molecule has 0 aromatic rings. The molecule has 2 fully saturated rings. The minimum absolute atomic E-state index is 0.513. The number of rotatable bonds is 6. The fourth-order valence-corrected chi connectivity index (χ4v) is 3.42. The van der Waals surface area contributed by atoms with Gasteiger partial charge in [-0.05, 0) is 0 Å². The highest BCUT2D eigenvalue weighted by Gasteiger charge is 2.52. The lowest BCUT2D eigenvalue weighted by Gasteiger charge is -2.47. The molecule has 2 heterocycles. The van der Waals surface area contributed by atoms with Crippen molar-refractivity contribution in [2.24, 2.45) is 11.1 Å². The summed E-state index contributed by atoms with van der Waals surface area (Å²) in [5.41, 5.74) is 0. The molecule has 2 aliphatic heterocycles. The number of aliphatic hydroxyl groups excluding tert-OH is 4. The minimum atomic E-state index is -1.66. The summed E-state index contributed by atoms with van der Waals surface area (Å²) in [5, 5.41) is 45.3. The smallest absolute Gasteiger partial charge is 0.315 e. The topological polar surface area (TPSA) is 193 Å². The van der Waals surface area contributed by atoms with E-state index in [0.29, 0.717) is 0 Å². The van der Waals surface area contributed by atoms with Crippen molar-refractivity contribution in [1.29, 1.82) is 0 Å². The summed E-state index contributed by atoms with van der Waals surface area (Å²) in [6.45, 7) is 1.97. The van der Waals surface area contributed by atoms with Crippen molar-refractivity contribution in [2.45, 2.75) is 69.1 Å². The van der Waals surface area contributed by atoms with E-state index in [-0.39, 0.29) is 0 Å². The number of carbonyl (C=O) groups excluding carboxylic acids is 2.